The standard InChI is InChI=1S/C14H20N4/c1-3-14(8-4-5-9-14)13-16-10-6-7-11(15-2)17-12(10)18-13/h6-7H,3-5,8-9H2,1-2H3,(H2,15,16,17,18). The van der Waals surface area contributed by atoms with Gasteiger partial charge in [-0.15, -0.1) is 0 Å². The van der Waals surface area contributed by atoms with E-state index in [1.165, 1.54) is 25.7 Å². The molecule has 96 valence electrons. The fraction of sp³-hybridized carbons (Fsp3) is 0.571. The van der Waals surface area contributed by atoms with Crippen LogP contribution in [0.3, 0.4) is 0 Å². The molecule has 1 aliphatic rings. The molecule has 0 aromatic carbocycles. The van der Waals surface area contributed by atoms with E-state index in [0.29, 0.717) is 0 Å². The van der Waals surface area contributed by atoms with E-state index in [2.05, 4.69) is 28.3 Å². The number of aromatic nitrogens is 3. The molecule has 1 saturated carbocycles. The number of aromatic amines is 1. The minimum Gasteiger partial charge on any atom is -0.373 e. The monoisotopic (exact) mass is 244 g/mol. The zero-order valence-electron chi connectivity index (χ0n) is 11.1. The third-order valence-electron chi connectivity index (χ3n) is 4.34. The molecule has 18 heavy (non-hydrogen) atoms. The maximum Gasteiger partial charge on any atom is 0.179 e. The van der Waals surface area contributed by atoms with E-state index in [1.54, 1.807) is 0 Å². The van der Waals surface area contributed by atoms with Crippen molar-refractivity contribution in [1.29, 1.82) is 0 Å². The SMILES string of the molecule is CCC1(c2nc3nc(NC)ccc3[nH]2)CCCC1. The topological polar surface area (TPSA) is 53.6 Å². The molecule has 0 amide bonds. The Kier molecular flexibility index (Phi) is 2.73. The number of nitrogens with one attached hydrogen (secondary N) is 2. The lowest BCUT2D eigenvalue weighted by Crippen LogP contribution is -2.22. The fourth-order valence-electron chi connectivity index (χ4n) is 3.09. The van der Waals surface area contributed by atoms with Crippen molar-refractivity contribution in [1.82, 2.24) is 15.0 Å². The summed E-state index contributed by atoms with van der Waals surface area (Å²) in [5.41, 5.74) is 2.14. The molecule has 2 N–H and O–H groups in total. The highest BCUT2D eigenvalue weighted by molar-refractivity contribution is 5.73. The lowest BCUT2D eigenvalue weighted by molar-refractivity contribution is 0.403. The van der Waals surface area contributed by atoms with E-state index in [-0.39, 0.29) is 5.41 Å². The predicted molar refractivity (Wildman–Crippen MR) is 73.9 cm³/mol. The van der Waals surface area contributed by atoms with Crippen molar-refractivity contribution in [3.63, 3.8) is 0 Å². The summed E-state index contributed by atoms with van der Waals surface area (Å²) in [6, 6.07) is 4.04. The Balaban J connectivity index is 2.07. The largest absolute Gasteiger partial charge is 0.373 e. The van der Waals surface area contributed by atoms with Gasteiger partial charge in [0.25, 0.3) is 0 Å². The van der Waals surface area contributed by atoms with Gasteiger partial charge in [0.2, 0.25) is 0 Å². The number of anilines is 1. The van der Waals surface area contributed by atoms with Crippen molar-refractivity contribution in [2.45, 2.75) is 44.4 Å². The van der Waals surface area contributed by atoms with Crippen LogP contribution in [0.25, 0.3) is 11.2 Å². The highest BCUT2D eigenvalue weighted by Gasteiger charge is 2.36. The molecule has 3 rings (SSSR count). The van der Waals surface area contributed by atoms with E-state index >= 15 is 0 Å². The second-order valence-corrected chi connectivity index (χ2v) is 5.24. The smallest absolute Gasteiger partial charge is 0.179 e. The molecule has 0 bridgehead atoms. The maximum absolute atomic E-state index is 4.74. The van der Waals surface area contributed by atoms with Gasteiger partial charge in [-0.25, -0.2) is 9.97 Å². The molecular weight excluding hydrogens is 224 g/mol. The Morgan fingerprint density at radius 1 is 1.28 bits per heavy atom. The van der Waals surface area contributed by atoms with Crippen molar-refractivity contribution in [2.24, 2.45) is 0 Å². The summed E-state index contributed by atoms with van der Waals surface area (Å²) < 4.78 is 0. The predicted octanol–water partition coefficient (Wildman–Crippen LogP) is 3.22. The Morgan fingerprint density at radius 2 is 2.06 bits per heavy atom. The van der Waals surface area contributed by atoms with Crippen LogP contribution in [0, 0.1) is 0 Å². The molecule has 0 atom stereocenters. The third kappa shape index (κ3) is 1.67. The summed E-state index contributed by atoms with van der Waals surface area (Å²) in [6.07, 6.45) is 6.30. The normalized spacial score (nSPS) is 18.3. The van der Waals surface area contributed by atoms with Crippen LogP contribution in [0.1, 0.15) is 44.9 Å². The van der Waals surface area contributed by atoms with Gasteiger partial charge in [-0.1, -0.05) is 19.8 Å². The van der Waals surface area contributed by atoms with Crippen LogP contribution >= 0.6 is 0 Å². The van der Waals surface area contributed by atoms with E-state index in [9.17, 15) is 0 Å². The molecule has 4 nitrogen and oxygen atoms in total. The third-order valence-corrected chi connectivity index (χ3v) is 4.34. The Bertz CT molecular complexity index is 552. The maximum atomic E-state index is 4.74. The molecule has 0 spiro atoms. The highest BCUT2D eigenvalue weighted by Crippen LogP contribution is 2.42. The molecule has 2 heterocycles. The lowest BCUT2D eigenvalue weighted by atomic mass is 9.83. The van der Waals surface area contributed by atoms with Gasteiger partial charge >= 0.3 is 0 Å². The van der Waals surface area contributed by atoms with Crippen LogP contribution in [0.2, 0.25) is 0 Å². The summed E-state index contributed by atoms with van der Waals surface area (Å²) in [4.78, 5) is 12.7. The molecule has 2 aromatic heterocycles. The van der Waals surface area contributed by atoms with Crippen LogP contribution in [0.15, 0.2) is 12.1 Å². The number of nitrogens with zero attached hydrogens (tertiary/aromatic N) is 2. The fourth-order valence-corrected chi connectivity index (χ4v) is 3.09. The second-order valence-electron chi connectivity index (χ2n) is 5.24. The number of imidazole rings is 1. The van der Waals surface area contributed by atoms with Crippen molar-refractivity contribution >= 4 is 17.0 Å². The van der Waals surface area contributed by atoms with Crippen LogP contribution in [0.5, 0.6) is 0 Å². The Hall–Kier alpha value is -1.58. The minimum atomic E-state index is 0.264. The molecule has 1 fully saturated rings. The molecule has 0 saturated heterocycles. The van der Waals surface area contributed by atoms with E-state index < -0.39 is 0 Å². The van der Waals surface area contributed by atoms with E-state index in [1.807, 2.05) is 13.1 Å². The van der Waals surface area contributed by atoms with E-state index in [0.717, 1.165) is 29.2 Å². The molecule has 1 aliphatic carbocycles. The quantitative estimate of drug-likeness (QED) is 0.871. The van der Waals surface area contributed by atoms with Gasteiger partial charge in [-0.2, -0.15) is 0 Å². The molecular formula is C14H20N4. The van der Waals surface area contributed by atoms with Gasteiger partial charge in [0.05, 0.1) is 5.52 Å². The van der Waals surface area contributed by atoms with Crippen LogP contribution in [-0.4, -0.2) is 22.0 Å². The summed E-state index contributed by atoms with van der Waals surface area (Å²) in [5.74, 6) is 2.01. The molecule has 2 aromatic rings. The van der Waals surface area contributed by atoms with Gasteiger partial charge < -0.3 is 10.3 Å². The number of fused-ring (bicyclic) bond motifs is 1. The average Bonchev–Trinajstić information content (AvgIpc) is 3.04. The summed E-state index contributed by atoms with van der Waals surface area (Å²) >= 11 is 0. The molecule has 0 aliphatic heterocycles. The van der Waals surface area contributed by atoms with Crippen LogP contribution < -0.4 is 5.32 Å². The Labute approximate surface area is 107 Å². The van der Waals surface area contributed by atoms with Crippen molar-refractivity contribution in [3.05, 3.63) is 18.0 Å². The number of rotatable bonds is 3. The molecule has 0 radical (unpaired) electrons. The van der Waals surface area contributed by atoms with E-state index in [4.69, 9.17) is 4.98 Å². The first-order chi connectivity index (χ1) is 8.77. The average molecular weight is 244 g/mol. The number of hydrogen-bond acceptors (Lipinski definition) is 3. The minimum absolute atomic E-state index is 0.264. The first kappa shape index (κ1) is 11.5. The first-order valence-corrected chi connectivity index (χ1v) is 6.82. The number of H-pyrrole nitrogens is 1. The number of pyridine rings is 1. The Morgan fingerprint density at radius 3 is 2.72 bits per heavy atom. The zero-order valence-corrected chi connectivity index (χ0v) is 11.1. The summed E-state index contributed by atoms with van der Waals surface area (Å²) in [7, 11) is 1.88. The van der Waals surface area contributed by atoms with Crippen molar-refractivity contribution in [2.75, 3.05) is 12.4 Å². The lowest BCUT2D eigenvalue weighted by Gasteiger charge is -2.24. The summed E-state index contributed by atoms with van der Waals surface area (Å²) in [6.45, 7) is 2.27. The highest BCUT2D eigenvalue weighted by atomic mass is 15.0. The van der Waals surface area contributed by atoms with Gasteiger partial charge in [0.15, 0.2) is 5.65 Å². The van der Waals surface area contributed by atoms with Gasteiger partial charge in [0, 0.05) is 12.5 Å². The van der Waals surface area contributed by atoms with Gasteiger partial charge in [-0.05, 0) is 31.4 Å². The van der Waals surface area contributed by atoms with Crippen LogP contribution in [-0.2, 0) is 5.41 Å². The van der Waals surface area contributed by atoms with Gasteiger partial charge in [0.1, 0.15) is 11.6 Å². The zero-order chi connectivity index (χ0) is 12.6. The first-order valence-electron chi connectivity index (χ1n) is 6.82. The van der Waals surface area contributed by atoms with Gasteiger partial charge in [-0.3, -0.25) is 0 Å². The van der Waals surface area contributed by atoms with Crippen molar-refractivity contribution < 1.29 is 0 Å². The van der Waals surface area contributed by atoms with Crippen LogP contribution in [0.4, 0.5) is 5.82 Å². The number of hydrogen-bond donors (Lipinski definition) is 2. The second kappa shape index (κ2) is 4.26. The summed E-state index contributed by atoms with van der Waals surface area (Å²) in [5, 5.41) is 3.06. The molecule has 4 heteroatoms. The van der Waals surface area contributed by atoms with Crippen molar-refractivity contribution in [3.8, 4) is 0 Å². The molecule has 0 unspecified atom stereocenters.